The van der Waals surface area contributed by atoms with Gasteiger partial charge >= 0.3 is 5.97 Å². The van der Waals surface area contributed by atoms with Crippen LogP contribution in [0.1, 0.15) is 15.9 Å². The molecule has 0 radical (unpaired) electrons. The van der Waals surface area contributed by atoms with Crippen LogP contribution >= 0.6 is 0 Å². The summed E-state index contributed by atoms with van der Waals surface area (Å²) in [6.07, 6.45) is 0. The van der Waals surface area contributed by atoms with Crippen LogP contribution in [0.3, 0.4) is 0 Å². The Hall–Kier alpha value is -3.22. The van der Waals surface area contributed by atoms with Crippen LogP contribution in [-0.2, 0) is 16.1 Å². The van der Waals surface area contributed by atoms with E-state index in [4.69, 9.17) is 14.2 Å². The van der Waals surface area contributed by atoms with Gasteiger partial charge in [0.25, 0.3) is 5.91 Å². The number of anilines is 1. The summed E-state index contributed by atoms with van der Waals surface area (Å²) in [5.74, 6) is 0.180. The summed E-state index contributed by atoms with van der Waals surface area (Å²) < 4.78 is 15.6. The molecule has 144 valence electrons. The maximum absolute atomic E-state index is 12.1. The zero-order chi connectivity index (χ0) is 19.8. The summed E-state index contributed by atoms with van der Waals surface area (Å²) in [7, 11) is 6.84. The summed E-state index contributed by atoms with van der Waals surface area (Å²) in [4.78, 5) is 26.0. The van der Waals surface area contributed by atoms with E-state index in [0.29, 0.717) is 17.1 Å². The van der Waals surface area contributed by atoms with Crippen molar-refractivity contribution in [3.63, 3.8) is 0 Å². The molecular weight excluding hydrogens is 348 g/mol. The molecule has 0 saturated heterocycles. The second-order valence-corrected chi connectivity index (χ2v) is 5.95. The SMILES string of the molecule is COc1cccc(CNC(=O)COC(=O)c2cccc(N(C)C)c2)c1OC. The van der Waals surface area contributed by atoms with Crippen LogP contribution in [0.5, 0.6) is 11.5 Å². The van der Waals surface area contributed by atoms with Gasteiger partial charge in [-0.3, -0.25) is 4.79 Å². The van der Waals surface area contributed by atoms with E-state index in [1.54, 1.807) is 37.4 Å². The highest BCUT2D eigenvalue weighted by atomic mass is 16.5. The first kappa shape index (κ1) is 20.1. The van der Waals surface area contributed by atoms with Gasteiger partial charge in [-0.1, -0.05) is 18.2 Å². The van der Waals surface area contributed by atoms with Crippen molar-refractivity contribution in [1.29, 1.82) is 0 Å². The summed E-state index contributed by atoms with van der Waals surface area (Å²) in [5, 5.41) is 2.70. The largest absolute Gasteiger partial charge is 0.493 e. The molecule has 0 atom stereocenters. The van der Waals surface area contributed by atoms with Gasteiger partial charge in [-0.05, 0) is 24.3 Å². The zero-order valence-corrected chi connectivity index (χ0v) is 15.9. The summed E-state index contributed by atoms with van der Waals surface area (Å²) in [6, 6.07) is 12.4. The molecular formula is C20H24N2O5. The van der Waals surface area contributed by atoms with Crippen LogP contribution in [0.2, 0.25) is 0 Å². The van der Waals surface area contributed by atoms with Crippen molar-refractivity contribution in [2.24, 2.45) is 0 Å². The van der Waals surface area contributed by atoms with Crippen LogP contribution in [0.15, 0.2) is 42.5 Å². The van der Waals surface area contributed by atoms with E-state index < -0.39 is 11.9 Å². The molecule has 0 fully saturated rings. The minimum atomic E-state index is -0.548. The molecule has 0 bridgehead atoms. The minimum absolute atomic E-state index is 0.229. The maximum atomic E-state index is 12.1. The van der Waals surface area contributed by atoms with Gasteiger partial charge in [-0.2, -0.15) is 0 Å². The monoisotopic (exact) mass is 372 g/mol. The van der Waals surface area contributed by atoms with E-state index >= 15 is 0 Å². The molecule has 2 rings (SSSR count). The van der Waals surface area contributed by atoms with Crippen molar-refractivity contribution < 1.29 is 23.8 Å². The van der Waals surface area contributed by atoms with Crippen LogP contribution in [-0.4, -0.2) is 46.8 Å². The number of benzene rings is 2. The Morgan fingerprint density at radius 2 is 1.78 bits per heavy atom. The van der Waals surface area contributed by atoms with Gasteiger partial charge in [0.2, 0.25) is 0 Å². The third-order valence-corrected chi connectivity index (χ3v) is 3.89. The number of amides is 1. The molecule has 7 heteroatoms. The highest BCUT2D eigenvalue weighted by molar-refractivity contribution is 5.92. The van der Waals surface area contributed by atoms with E-state index in [-0.39, 0.29) is 13.2 Å². The maximum Gasteiger partial charge on any atom is 0.338 e. The molecule has 0 saturated carbocycles. The molecule has 0 aliphatic heterocycles. The summed E-state index contributed by atoms with van der Waals surface area (Å²) in [6.45, 7) is -0.135. The third-order valence-electron chi connectivity index (χ3n) is 3.89. The number of hydrogen-bond donors (Lipinski definition) is 1. The lowest BCUT2D eigenvalue weighted by Gasteiger charge is -2.14. The lowest BCUT2D eigenvalue weighted by molar-refractivity contribution is -0.124. The number of nitrogens with one attached hydrogen (secondary N) is 1. The predicted octanol–water partition coefficient (Wildman–Crippen LogP) is 2.24. The van der Waals surface area contributed by atoms with Gasteiger partial charge in [0.1, 0.15) is 0 Å². The number of methoxy groups -OCH3 is 2. The number of esters is 1. The van der Waals surface area contributed by atoms with E-state index in [2.05, 4.69) is 5.32 Å². The van der Waals surface area contributed by atoms with Gasteiger partial charge in [0, 0.05) is 31.9 Å². The van der Waals surface area contributed by atoms with Crippen LogP contribution in [0.25, 0.3) is 0 Å². The van der Waals surface area contributed by atoms with Crippen molar-refractivity contribution >= 4 is 17.6 Å². The van der Waals surface area contributed by atoms with Gasteiger partial charge in [-0.15, -0.1) is 0 Å². The average Bonchev–Trinajstić information content (AvgIpc) is 2.69. The molecule has 1 N–H and O–H groups in total. The first-order valence-corrected chi connectivity index (χ1v) is 8.37. The Balaban J connectivity index is 1.90. The van der Waals surface area contributed by atoms with E-state index in [1.165, 1.54) is 7.11 Å². The quantitative estimate of drug-likeness (QED) is 0.716. The van der Waals surface area contributed by atoms with E-state index in [1.807, 2.05) is 31.1 Å². The number of carbonyl (C=O) groups excluding carboxylic acids is 2. The first-order chi connectivity index (χ1) is 13.0. The topological polar surface area (TPSA) is 77.1 Å². The Bertz CT molecular complexity index is 805. The van der Waals surface area contributed by atoms with Gasteiger partial charge < -0.3 is 24.4 Å². The second kappa shape index (κ2) is 9.47. The molecule has 0 spiro atoms. The average molecular weight is 372 g/mol. The van der Waals surface area contributed by atoms with Gasteiger partial charge in [-0.25, -0.2) is 4.79 Å². The molecule has 2 aromatic rings. The van der Waals surface area contributed by atoms with Crippen LogP contribution in [0, 0.1) is 0 Å². The molecule has 7 nitrogen and oxygen atoms in total. The van der Waals surface area contributed by atoms with Crippen molar-refractivity contribution in [2.75, 3.05) is 39.8 Å². The Morgan fingerprint density at radius 3 is 2.44 bits per heavy atom. The van der Waals surface area contributed by atoms with E-state index in [0.717, 1.165) is 11.3 Å². The number of nitrogens with zero attached hydrogens (tertiary/aromatic N) is 1. The number of hydrogen-bond acceptors (Lipinski definition) is 6. The standard InChI is InChI=1S/C20H24N2O5/c1-22(2)16-9-5-7-14(11-16)20(24)27-13-18(23)21-12-15-8-6-10-17(25-3)19(15)26-4/h5-11H,12-13H2,1-4H3,(H,21,23). The molecule has 0 aliphatic rings. The molecule has 2 aromatic carbocycles. The van der Waals surface area contributed by atoms with Crippen molar-refractivity contribution in [3.8, 4) is 11.5 Å². The van der Waals surface area contributed by atoms with Crippen LogP contribution < -0.4 is 19.7 Å². The van der Waals surface area contributed by atoms with Crippen molar-refractivity contribution in [2.45, 2.75) is 6.54 Å². The number of rotatable bonds is 8. The van der Waals surface area contributed by atoms with Crippen molar-refractivity contribution in [1.82, 2.24) is 5.32 Å². The molecule has 0 aliphatic carbocycles. The summed E-state index contributed by atoms with van der Waals surface area (Å²) >= 11 is 0. The Kier molecular flexibility index (Phi) is 7.05. The third kappa shape index (κ3) is 5.37. The second-order valence-electron chi connectivity index (χ2n) is 5.95. The fraction of sp³-hybridized carbons (Fsp3) is 0.300. The lowest BCUT2D eigenvalue weighted by atomic mass is 10.2. The number of para-hydroxylation sites is 1. The fourth-order valence-corrected chi connectivity index (χ4v) is 2.46. The summed E-state index contributed by atoms with van der Waals surface area (Å²) in [5.41, 5.74) is 2.03. The minimum Gasteiger partial charge on any atom is -0.493 e. The fourth-order valence-electron chi connectivity index (χ4n) is 2.46. The highest BCUT2D eigenvalue weighted by Crippen LogP contribution is 2.30. The molecule has 0 aromatic heterocycles. The van der Waals surface area contributed by atoms with Gasteiger partial charge in [0.05, 0.1) is 19.8 Å². The smallest absolute Gasteiger partial charge is 0.338 e. The van der Waals surface area contributed by atoms with E-state index in [9.17, 15) is 9.59 Å². The number of carbonyl (C=O) groups is 2. The first-order valence-electron chi connectivity index (χ1n) is 8.37. The molecule has 0 heterocycles. The molecule has 0 unspecified atom stereocenters. The van der Waals surface area contributed by atoms with Gasteiger partial charge in [0.15, 0.2) is 18.1 Å². The highest BCUT2D eigenvalue weighted by Gasteiger charge is 2.13. The normalized spacial score (nSPS) is 10.1. The molecule has 27 heavy (non-hydrogen) atoms. The lowest BCUT2D eigenvalue weighted by Crippen LogP contribution is -2.28. The zero-order valence-electron chi connectivity index (χ0n) is 15.9. The van der Waals surface area contributed by atoms with Crippen molar-refractivity contribution in [3.05, 3.63) is 53.6 Å². The molecule has 1 amide bonds. The predicted molar refractivity (Wildman–Crippen MR) is 102 cm³/mol. The Labute approximate surface area is 158 Å². The Morgan fingerprint density at radius 1 is 1.04 bits per heavy atom. The number of ether oxygens (including phenoxy) is 3. The van der Waals surface area contributed by atoms with Crippen LogP contribution in [0.4, 0.5) is 5.69 Å².